The summed E-state index contributed by atoms with van der Waals surface area (Å²) in [5, 5.41) is 13.7. The van der Waals surface area contributed by atoms with Crippen molar-refractivity contribution in [2.75, 3.05) is 17.7 Å². The van der Waals surface area contributed by atoms with Crippen molar-refractivity contribution in [2.24, 2.45) is 0 Å². The molecular formula is C18H15N5O3. The Bertz CT molecular complexity index is 896. The lowest BCUT2D eigenvalue weighted by molar-refractivity contribution is 0.0600. The predicted molar refractivity (Wildman–Crippen MR) is 95.3 cm³/mol. The van der Waals surface area contributed by atoms with Crippen LogP contribution in [0.3, 0.4) is 0 Å². The van der Waals surface area contributed by atoms with Crippen LogP contribution >= 0.6 is 0 Å². The van der Waals surface area contributed by atoms with Gasteiger partial charge in [0.05, 0.1) is 18.2 Å². The van der Waals surface area contributed by atoms with Crippen LogP contribution in [0, 0.1) is 0 Å². The number of esters is 1. The van der Waals surface area contributed by atoms with Gasteiger partial charge in [0.1, 0.15) is 0 Å². The Balaban J connectivity index is 1.62. The molecule has 0 bridgehead atoms. The quantitative estimate of drug-likeness (QED) is 0.682. The van der Waals surface area contributed by atoms with Gasteiger partial charge >= 0.3 is 5.97 Å². The number of benzene rings is 1. The first kappa shape index (κ1) is 17.0. The molecule has 2 aromatic heterocycles. The molecule has 0 aliphatic rings. The highest BCUT2D eigenvalue weighted by Crippen LogP contribution is 2.16. The summed E-state index contributed by atoms with van der Waals surface area (Å²) in [6.45, 7) is 0. The van der Waals surface area contributed by atoms with Gasteiger partial charge in [-0.15, -0.1) is 10.2 Å². The van der Waals surface area contributed by atoms with E-state index in [1.165, 1.54) is 13.3 Å². The first-order valence-corrected chi connectivity index (χ1v) is 7.66. The Morgan fingerprint density at radius 3 is 2.27 bits per heavy atom. The van der Waals surface area contributed by atoms with Gasteiger partial charge in [-0.05, 0) is 48.5 Å². The van der Waals surface area contributed by atoms with E-state index in [-0.39, 0.29) is 5.91 Å². The molecule has 0 spiro atoms. The van der Waals surface area contributed by atoms with Gasteiger partial charge in [-0.3, -0.25) is 9.78 Å². The van der Waals surface area contributed by atoms with Crippen LogP contribution in [0.1, 0.15) is 20.7 Å². The number of hydrogen-bond acceptors (Lipinski definition) is 7. The number of pyridine rings is 1. The van der Waals surface area contributed by atoms with Gasteiger partial charge in [0, 0.05) is 18.1 Å². The predicted octanol–water partition coefficient (Wildman–Crippen LogP) is 2.65. The minimum absolute atomic E-state index is 0.313. The van der Waals surface area contributed by atoms with Crippen molar-refractivity contribution in [1.82, 2.24) is 15.2 Å². The number of nitrogens with zero attached hydrogens (tertiary/aromatic N) is 3. The summed E-state index contributed by atoms with van der Waals surface area (Å²) in [7, 11) is 1.33. The van der Waals surface area contributed by atoms with Gasteiger partial charge < -0.3 is 15.4 Å². The van der Waals surface area contributed by atoms with Crippen LogP contribution in [0.15, 0.2) is 60.9 Å². The molecular weight excluding hydrogens is 334 g/mol. The fourth-order valence-corrected chi connectivity index (χ4v) is 2.11. The van der Waals surface area contributed by atoms with Gasteiger partial charge in [0.2, 0.25) is 0 Å². The number of carbonyl (C=O) groups is 2. The zero-order valence-electron chi connectivity index (χ0n) is 13.8. The van der Waals surface area contributed by atoms with Crippen LogP contribution in [-0.4, -0.2) is 34.2 Å². The van der Waals surface area contributed by atoms with Crippen molar-refractivity contribution in [3.05, 3.63) is 72.1 Å². The number of anilines is 3. The third-order valence-corrected chi connectivity index (χ3v) is 3.41. The van der Waals surface area contributed by atoms with Crippen LogP contribution in [0.4, 0.5) is 17.3 Å². The molecule has 3 rings (SSSR count). The molecule has 2 heterocycles. The van der Waals surface area contributed by atoms with Crippen LogP contribution < -0.4 is 10.6 Å². The Morgan fingerprint density at radius 2 is 1.65 bits per heavy atom. The van der Waals surface area contributed by atoms with E-state index in [1.807, 2.05) is 0 Å². The second-order valence-corrected chi connectivity index (χ2v) is 5.19. The van der Waals surface area contributed by atoms with Gasteiger partial charge in [0.15, 0.2) is 11.6 Å². The molecule has 0 fully saturated rings. The van der Waals surface area contributed by atoms with Crippen LogP contribution in [0.2, 0.25) is 0 Å². The molecule has 0 atom stereocenters. The number of ether oxygens (including phenoxy) is 1. The summed E-state index contributed by atoms with van der Waals surface area (Å²) in [6, 6.07) is 13.4. The maximum Gasteiger partial charge on any atom is 0.337 e. The lowest BCUT2D eigenvalue weighted by Crippen LogP contribution is -2.13. The largest absolute Gasteiger partial charge is 0.465 e. The Morgan fingerprint density at radius 1 is 0.923 bits per heavy atom. The minimum Gasteiger partial charge on any atom is -0.465 e. The van der Waals surface area contributed by atoms with E-state index in [2.05, 4.69) is 30.6 Å². The molecule has 8 heteroatoms. The zero-order chi connectivity index (χ0) is 18.4. The average molecular weight is 349 g/mol. The third kappa shape index (κ3) is 4.18. The van der Waals surface area contributed by atoms with Crippen LogP contribution in [0.5, 0.6) is 0 Å². The highest BCUT2D eigenvalue weighted by atomic mass is 16.5. The molecule has 26 heavy (non-hydrogen) atoms. The maximum atomic E-state index is 12.0. The van der Waals surface area contributed by atoms with Gasteiger partial charge in [-0.2, -0.15) is 0 Å². The van der Waals surface area contributed by atoms with E-state index in [1.54, 1.807) is 54.7 Å². The van der Waals surface area contributed by atoms with E-state index in [0.29, 0.717) is 22.8 Å². The third-order valence-electron chi connectivity index (χ3n) is 3.41. The molecule has 2 N–H and O–H groups in total. The van der Waals surface area contributed by atoms with E-state index >= 15 is 0 Å². The molecule has 130 valence electrons. The summed E-state index contributed by atoms with van der Waals surface area (Å²) in [6.07, 6.45) is 3.06. The smallest absolute Gasteiger partial charge is 0.337 e. The molecule has 3 aromatic rings. The highest BCUT2D eigenvalue weighted by Gasteiger charge is 2.08. The summed E-state index contributed by atoms with van der Waals surface area (Å²) in [5.74, 6) is 0.109. The number of rotatable bonds is 5. The molecule has 1 amide bonds. The fourth-order valence-electron chi connectivity index (χ4n) is 2.11. The Kier molecular flexibility index (Phi) is 5.14. The number of amides is 1. The lowest BCUT2D eigenvalue weighted by atomic mass is 10.2. The standard InChI is InChI=1S/C18H15N5O3/c1-26-18(25)12-4-6-14(7-5-12)20-15-8-9-16(23-22-15)21-17(24)13-3-2-10-19-11-13/h2-11H,1H3,(H,20,22)(H,21,23,24). The summed E-state index contributed by atoms with van der Waals surface area (Å²) >= 11 is 0. The van der Waals surface area contributed by atoms with E-state index in [9.17, 15) is 9.59 Å². The molecule has 8 nitrogen and oxygen atoms in total. The van der Waals surface area contributed by atoms with Crippen molar-refractivity contribution >= 4 is 29.2 Å². The number of hydrogen-bond donors (Lipinski definition) is 2. The molecule has 0 unspecified atom stereocenters. The van der Waals surface area contributed by atoms with E-state index in [4.69, 9.17) is 0 Å². The molecule has 0 radical (unpaired) electrons. The van der Waals surface area contributed by atoms with Gasteiger partial charge in [-0.1, -0.05) is 0 Å². The van der Waals surface area contributed by atoms with Crippen molar-refractivity contribution in [3.63, 3.8) is 0 Å². The first-order chi connectivity index (χ1) is 12.7. The Labute approximate surface area is 149 Å². The number of nitrogens with one attached hydrogen (secondary N) is 2. The average Bonchev–Trinajstić information content (AvgIpc) is 2.70. The van der Waals surface area contributed by atoms with Crippen LogP contribution in [-0.2, 0) is 4.74 Å². The SMILES string of the molecule is COC(=O)c1ccc(Nc2ccc(NC(=O)c3cccnc3)nn2)cc1. The monoisotopic (exact) mass is 349 g/mol. The summed E-state index contributed by atoms with van der Waals surface area (Å²) in [5.41, 5.74) is 1.62. The van der Waals surface area contributed by atoms with Crippen molar-refractivity contribution in [1.29, 1.82) is 0 Å². The lowest BCUT2D eigenvalue weighted by Gasteiger charge is -2.07. The number of aromatic nitrogens is 3. The first-order valence-electron chi connectivity index (χ1n) is 7.66. The summed E-state index contributed by atoms with van der Waals surface area (Å²) < 4.78 is 4.65. The Hall–Kier alpha value is -3.81. The molecule has 1 aromatic carbocycles. The molecule has 0 saturated heterocycles. The minimum atomic E-state index is -0.398. The van der Waals surface area contributed by atoms with Crippen molar-refractivity contribution in [2.45, 2.75) is 0 Å². The second kappa shape index (κ2) is 7.84. The molecule has 0 aliphatic carbocycles. The van der Waals surface area contributed by atoms with Crippen LogP contribution in [0.25, 0.3) is 0 Å². The number of carbonyl (C=O) groups excluding carboxylic acids is 2. The highest BCUT2D eigenvalue weighted by molar-refractivity contribution is 6.03. The maximum absolute atomic E-state index is 12.0. The molecule has 0 aliphatic heterocycles. The second-order valence-electron chi connectivity index (χ2n) is 5.19. The zero-order valence-corrected chi connectivity index (χ0v) is 13.8. The molecule has 0 saturated carbocycles. The number of methoxy groups -OCH3 is 1. The van der Waals surface area contributed by atoms with Crippen molar-refractivity contribution in [3.8, 4) is 0 Å². The van der Waals surface area contributed by atoms with E-state index in [0.717, 1.165) is 5.69 Å². The normalized spacial score (nSPS) is 10.0. The summed E-state index contributed by atoms with van der Waals surface area (Å²) in [4.78, 5) is 27.3. The van der Waals surface area contributed by atoms with Gasteiger partial charge in [0.25, 0.3) is 5.91 Å². The van der Waals surface area contributed by atoms with Crippen molar-refractivity contribution < 1.29 is 14.3 Å². The van der Waals surface area contributed by atoms with E-state index < -0.39 is 5.97 Å². The fraction of sp³-hybridized carbons (Fsp3) is 0.0556. The van der Waals surface area contributed by atoms with Gasteiger partial charge in [-0.25, -0.2) is 4.79 Å². The topological polar surface area (TPSA) is 106 Å².